The zero-order valence-electron chi connectivity index (χ0n) is 13.0. The Kier molecular flexibility index (Phi) is 3.62. The monoisotopic (exact) mass is 322 g/mol. The zero-order chi connectivity index (χ0) is 15.8. The molecule has 1 amide bonds. The molecule has 1 atom stereocenters. The Hall–Kier alpha value is -2.20. The van der Waals surface area contributed by atoms with Gasteiger partial charge in [-0.3, -0.25) is 4.79 Å². The number of hydrogen-bond acceptors (Lipinski definition) is 2. The van der Waals surface area contributed by atoms with Crippen LogP contribution in [0, 0.1) is 6.92 Å². The summed E-state index contributed by atoms with van der Waals surface area (Å²) in [6, 6.07) is 16.5. The van der Waals surface area contributed by atoms with Crippen LogP contribution in [0.2, 0.25) is 0 Å². The lowest BCUT2D eigenvalue weighted by molar-refractivity contribution is 0.0760. The maximum Gasteiger partial charge on any atom is 0.256 e. The van der Waals surface area contributed by atoms with Crippen LogP contribution >= 0.6 is 11.8 Å². The first-order chi connectivity index (χ1) is 11.2. The Morgan fingerprint density at radius 2 is 2.00 bits per heavy atom. The number of amides is 1. The van der Waals surface area contributed by atoms with Crippen LogP contribution in [0.4, 0.5) is 0 Å². The van der Waals surface area contributed by atoms with Gasteiger partial charge >= 0.3 is 0 Å². The largest absolute Gasteiger partial charge is 0.323 e. The highest BCUT2D eigenvalue weighted by Crippen LogP contribution is 2.38. The number of rotatable bonds is 2. The van der Waals surface area contributed by atoms with Crippen molar-refractivity contribution in [3.05, 3.63) is 77.6 Å². The topological polar surface area (TPSA) is 24.7 Å². The summed E-state index contributed by atoms with van der Waals surface area (Å²) >= 11 is 1.84. The maximum atomic E-state index is 13.0. The maximum absolute atomic E-state index is 13.0. The van der Waals surface area contributed by atoms with E-state index >= 15 is 0 Å². The van der Waals surface area contributed by atoms with E-state index in [4.69, 9.17) is 0 Å². The molecule has 0 radical (unpaired) electrons. The molecule has 3 nitrogen and oxygen atoms in total. The van der Waals surface area contributed by atoms with Gasteiger partial charge in [0.1, 0.15) is 5.37 Å². The molecule has 1 unspecified atom stereocenters. The van der Waals surface area contributed by atoms with Gasteiger partial charge in [0.05, 0.1) is 5.56 Å². The first kappa shape index (κ1) is 14.4. The number of benzene rings is 1. The van der Waals surface area contributed by atoms with E-state index < -0.39 is 0 Å². The van der Waals surface area contributed by atoms with Crippen molar-refractivity contribution in [3.8, 4) is 0 Å². The predicted molar refractivity (Wildman–Crippen MR) is 94.8 cm³/mol. The fourth-order valence-corrected chi connectivity index (χ4v) is 4.28. The summed E-state index contributed by atoms with van der Waals surface area (Å²) in [5.41, 5.74) is 4.26. The molecular weight excluding hydrogens is 304 g/mol. The molecule has 1 fully saturated rings. The van der Waals surface area contributed by atoms with Gasteiger partial charge < -0.3 is 9.30 Å². The summed E-state index contributed by atoms with van der Waals surface area (Å²) in [4.78, 5) is 15.0. The van der Waals surface area contributed by atoms with Crippen LogP contribution < -0.4 is 0 Å². The Morgan fingerprint density at radius 3 is 2.78 bits per heavy atom. The van der Waals surface area contributed by atoms with E-state index in [0.717, 1.165) is 23.4 Å². The standard InChI is InChI=1S/C19H18N2OS/c1-14-5-7-15(8-6-14)19-21(10-11-23-19)18(22)16-12-17-4-2-3-9-20(17)13-16/h2-9,12-13,19H,10-11H2,1H3. The van der Waals surface area contributed by atoms with Crippen LogP contribution in [0.5, 0.6) is 0 Å². The Morgan fingerprint density at radius 1 is 1.17 bits per heavy atom. The summed E-state index contributed by atoms with van der Waals surface area (Å²) in [5, 5.41) is 0.117. The smallest absolute Gasteiger partial charge is 0.256 e. The Balaban J connectivity index is 1.65. The normalized spacial score (nSPS) is 17.8. The van der Waals surface area contributed by atoms with Crippen LogP contribution in [0.1, 0.15) is 26.9 Å². The van der Waals surface area contributed by atoms with E-state index in [-0.39, 0.29) is 11.3 Å². The molecule has 2 aromatic heterocycles. The molecule has 116 valence electrons. The summed E-state index contributed by atoms with van der Waals surface area (Å²) in [6.07, 6.45) is 3.90. The fourth-order valence-electron chi connectivity index (χ4n) is 3.02. The molecule has 3 aromatic rings. The fraction of sp³-hybridized carbons (Fsp3) is 0.211. The van der Waals surface area contributed by atoms with E-state index in [0.29, 0.717) is 0 Å². The third kappa shape index (κ3) is 2.63. The molecule has 0 saturated carbocycles. The third-order valence-corrected chi connectivity index (χ3v) is 5.53. The summed E-state index contributed by atoms with van der Waals surface area (Å²) in [6.45, 7) is 2.88. The molecule has 1 aliphatic rings. The highest BCUT2D eigenvalue weighted by molar-refractivity contribution is 7.99. The van der Waals surface area contributed by atoms with Gasteiger partial charge in [-0.15, -0.1) is 11.8 Å². The van der Waals surface area contributed by atoms with Gasteiger partial charge in [0, 0.05) is 30.2 Å². The lowest BCUT2D eigenvalue weighted by atomic mass is 10.1. The first-order valence-electron chi connectivity index (χ1n) is 7.78. The van der Waals surface area contributed by atoms with Crippen LogP contribution in [0.25, 0.3) is 5.52 Å². The molecule has 0 N–H and O–H groups in total. The second kappa shape index (κ2) is 5.78. The van der Waals surface area contributed by atoms with Crippen molar-refractivity contribution >= 4 is 23.2 Å². The van der Waals surface area contributed by atoms with Crippen molar-refractivity contribution in [2.45, 2.75) is 12.3 Å². The number of fused-ring (bicyclic) bond motifs is 1. The second-order valence-electron chi connectivity index (χ2n) is 5.89. The Bertz CT molecular complexity index is 820. The number of aryl methyl sites for hydroxylation is 1. The molecule has 4 heteroatoms. The van der Waals surface area contributed by atoms with E-state index in [1.54, 1.807) is 0 Å². The first-order valence-corrected chi connectivity index (χ1v) is 8.83. The van der Waals surface area contributed by atoms with Gasteiger partial charge in [-0.05, 0) is 30.7 Å². The molecule has 0 bridgehead atoms. The van der Waals surface area contributed by atoms with Crippen molar-refractivity contribution in [3.63, 3.8) is 0 Å². The quantitative estimate of drug-likeness (QED) is 0.708. The molecule has 3 heterocycles. The third-order valence-electron chi connectivity index (χ3n) is 4.27. The highest BCUT2D eigenvalue weighted by atomic mass is 32.2. The van der Waals surface area contributed by atoms with Crippen LogP contribution in [-0.4, -0.2) is 27.5 Å². The minimum atomic E-state index is 0.115. The summed E-state index contributed by atoms with van der Waals surface area (Å²) in [7, 11) is 0. The van der Waals surface area contributed by atoms with Crippen molar-refractivity contribution < 1.29 is 4.79 Å². The van der Waals surface area contributed by atoms with Gasteiger partial charge in [-0.1, -0.05) is 35.9 Å². The number of hydrogen-bond donors (Lipinski definition) is 0. The molecule has 1 aliphatic heterocycles. The van der Waals surface area contributed by atoms with E-state index in [9.17, 15) is 4.79 Å². The minimum Gasteiger partial charge on any atom is -0.323 e. The van der Waals surface area contributed by atoms with Gasteiger partial charge in [0.15, 0.2) is 0 Å². The minimum absolute atomic E-state index is 0.115. The van der Waals surface area contributed by atoms with Gasteiger partial charge in [0.25, 0.3) is 5.91 Å². The van der Waals surface area contributed by atoms with E-state index in [1.165, 1.54) is 11.1 Å². The molecule has 0 spiro atoms. The van der Waals surface area contributed by atoms with Crippen molar-refractivity contribution in [2.24, 2.45) is 0 Å². The summed E-state index contributed by atoms with van der Waals surface area (Å²) < 4.78 is 2.00. The Labute approximate surface area is 139 Å². The summed E-state index contributed by atoms with van der Waals surface area (Å²) in [5.74, 6) is 1.10. The van der Waals surface area contributed by atoms with E-state index in [2.05, 4.69) is 31.2 Å². The predicted octanol–water partition coefficient (Wildman–Crippen LogP) is 4.14. The number of aromatic nitrogens is 1. The van der Waals surface area contributed by atoms with Gasteiger partial charge in [-0.25, -0.2) is 0 Å². The van der Waals surface area contributed by atoms with Crippen molar-refractivity contribution in [2.75, 3.05) is 12.3 Å². The number of pyridine rings is 1. The molecule has 4 rings (SSSR count). The number of carbonyl (C=O) groups excluding carboxylic acids is 1. The second-order valence-corrected chi connectivity index (χ2v) is 7.08. The molecule has 23 heavy (non-hydrogen) atoms. The van der Waals surface area contributed by atoms with Crippen LogP contribution in [0.15, 0.2) is 60.9 Å². The molecular formula is C19H18N2OS. The average Bonchev–Trinajstić information content (AvgIpc) is 3.21. The van der Waals surface area contributed by atoms with E-state index in [1.807, 2.05) is 57.7 Å². The average molecular weight is 322 g/mol. The SMILES string of the molecule is Cc1ccc(C2SCCN2C(=O)c2cc3ccccn3c2)cc1. The van der Waals surface area contributed by atoms with Crippen molar-refractivity contribution in [1.82, 2.24) is 9.30 Å². The highest BCUT2D eigenvalue weighted by Gasteiger charge is 2.31. The van der Waals surface area contributed by atoms with Gasteiger partial charge in [-0.2, -0.15) is 0 Å². The van der Waals surface area contributed by atoms with Gasteiger partial charge in [0.2, 0.25) is 0 Å². The molecule has 0 aliphatic carbocycles. The zero-order valence-corrected chi connectivity index (χ0v) is 13.8. The lowest BCUT2D eigenvalue weighted by Gasteiger charge is -2.23. The molecule has 1 saturated heterocycles. The van der Waals surface area contributed by atoms with Crippen LogP contribution in [0.3, 0.4) is 0 Å². The van der Waals surface area contributed by atoms with Crippen LogP contribution in [-0.2, 0) is 0 Å². The van der Waals surface area contributed by atoms with Crippen molar-refractivity contribution in [1.29, 1.82) is 0 Å². The number of nitrogens with zero attached hydrogens (tertiary/aromatic N) is 2. The number of carbonyl (C=O) groups is 1. The molecule has 1 aromatic carbocycles. The lowest BCUT2D eigenvalue weighted by Crippen LogP contribution is -2.30. The number of thioether (sulfide) groups is 1.